The lowest BCUT2D eigenvalue weighted by molar-refractivity contribution is 0.628. The van der Waals surface area contributed by atoms with E-state index in [-0.39, 0.29) is 11.7 Å². The molecule has 3 rings (SSSR count). The normalized spacial score (nSPS) is 19.9. The van der Waals surface area contributed by atoms with E-state index in [0.29, 0.717) is 11.1 Å². The smallest absolute Gasteiger partial charge is 0.131 e. The fourth-order valence-electron chi connectivity index (χ4n) is 2.12. The molecule has 0 aromatic heterocycles. The van der Waals surface area contributed by atoms with Gasteiger partial charge in [0.05, 0.1) is 0 Å². The monoisotopic (exact) mass is 253 g/mol. The molecule has 0 amide bonds. The summed E-state index contributed by atoms with van der Waals surface area (Å²) in [5, 5.41) is 10.7. The molecule has 4 N–H and O–H groups in total. The summed E-state index contributed by atoms with van der Waals surface area (Å²) in [6.45, 7) is 0. The summed E-state index contributed by atoms with van der Waals surface area (Å²) < 4.78 is 13.5. The lowest BCUT2D eigenvalue weighted by Crippen LogP contribution is -2.18. The maximum Gasteiger partial charge on any atom is 0.131 e. The van der Waals surface area contributed by atoms with E-state index in [4.69, 9.17) is 11.1 Å². The lowest BCUT2D eigenvalue weighted by Gasteiger charge is -2.10. The molecular weight excluding hydrogens is 241 g/mol. The van der Waals surface area contributed by atoms with E-state index < -0.39 is 0 Å². The van der Waals surface area contributed by atoms with Gasteiger partial charge in [-0.25, -0.2) is 4.39 Å². The van der Waals surface area contributed by atoms with E-state index in [2.05, 4.69) is 5.32 Å². The number of hydrogen-bond donors (Lipinski definition) is 3. The third-order valence-corrected chi connectivity index (χ3v) is 3.09. The molecule has 2 aliphatic rings. The summed E-state index contributed by atoms with van der Waals surface area (Å²) in [6.07, 6.45) is 9.05. The number of fused-ring (bicyclic) bond motifs is 1. The Morgan fingerprint density at radius 2 is 2.16 bits per heavy atom. The Balaban J connectivity index is 2.02. The topological polar surface area (TPSA) is 61.9 Å². The van der Waals surface area contributed by atoms with E-state index in [1.54, 1.807) is 18.3 Å². The van der Waals surface area contributed by atoms with Gasteiger partial charge in [-0.2, -0.15) is 0 Å². The van der Waals surface area contributed by atoms with Crippen molar-refractivity contribution in [3.05, 3.63) is 76.9 Å². The number of rotatable bonds is 2. The molecule has 1 aliphatic carbocycles. The standard InChI is InChI=1S/C15H12FN3/c16-12-5-3-4-9-10(14(9)12)8-11(15(17)18)13-6-1-2-7-19-13/h1-8,19H,(H3,17,18)/b10-8+,13-11+. The second kappa shape index (κ2) is 4.24. The van der Waals surface area contributed by atoms with Gasteiger partial charge in [-0.3, -0.25) is 5.41 Å². The molecule has 94 valence electrons. The van der Waals surface area contributed by atoms with Crippen LogP contribution in [0.1, 0.15) is 11.1 Å². The van der Waals surface area contributed by atoms with Crippen LogP contribution in [-0.2, 0) is 0 Å². The lowest BCUT2D eigenvalue weighted by atomic mass is 10.1. The van der Waals surface area contributed by atoms with Crippen molar-refractivity contribution in [3.63, 3.8) is 0 Å². The molecular formula is C15H12FN3. The molecule has 1 aliphatic heterocycles. The van der Waals surface area contributed by atoms with Gasteiger partial charge in [0, 0.05) is 23.0 Å². The van der Waals surface area contributed by atoms with E-state index >= 15 is 0 Å². The Labute approximate surface area is 110 Å². The van der Waals surface area contributed by atoms with Gasteiger partial charge in [0.2, 0.25) is 0 Å². The summed E-state index contributed by atoms with van der Waals surface area (Å²) in [7, 11) is 0. The Hall–Kier alpha value is -2.62. The summed E-state index contributed by atoms with van der Waals surface area (Å²) >= 11 is 0. The van der Waals surface area contributed by atoms with Crippen LogP contribution < -0.4 is 11.1 Å². The molecule has 0 bridgehead atoms. The van der Waals surface area contributed by atoms with Gasteiger partial charge >= 0.3 is 0 Å². The molecule has 0 unspecified atom stereocenters. The Morgan fingerprint density at radius 1 is 1.32 bits per heavy atom. The molecule has 1 aromatic carbocycles. The number of hydrogen-bond acceptors (Lipinski definition) is 2. The summed E-state index contributed by atoms with van der Waals surface area (Å²) in [4.78, 5) is 0. The van der Waals surface area contributed by atoms with Crippen LogP contribution in [0.4, 0.5) is 4.39 Å². The van der Waals surface area contributed by atoms with Crippen molar-refractivity contribution in [1.29, 1.82) is 5.41 Å². The molecule has 19 heavy (non-hydrogen) atoms. The van der Waals surface area contributed by atoms with E-state index in [0.717, 1.165) is 16.8 Å². The summed E-state index contributed by atoms with van der Waals surface area (Å²) in [5.74, 6) is -0.281. The minimum Gasteiger partial charge on any atom is -0.384 e. The number of allylic oxidation sites excluding steroid dienone is 3. The number of amidine groups is 1. The van der Waals surface area contributed by atoms with Gasteiger partial charge < -0.3 is 11.1 Å². The van der Waals surface area contributed by atoms with Crippen molar-refractivity contribution in [1.82, 2.24) is 5.32 Å². The fraction of sp³-hybridized carbons (Fsp3) is 0. The van der Waals surface area contributed by atoms with Gasteiger partial charge in [0.1, 0.15) is 11.7 Å². The quantitative estimate of drug-likeness (QED) is 0.568. The van der Waals surface area contributed by atoms with Crippen LogP contribution in [0.3, 0.4) is 0 Å². The second-order valence-electron chi connectivity index (χ2n) is 4.32. The predicted molar refractivity (Wildman–Crippen MR) is 73.8 cm³/mol. The number of nitrogens with one attached hydrogen (secondary N) is 2. The first-order chi connectivity index (χ1) is 9.18. The average molecular weight is 253 g/mol. The minimum atomic E-state index is -0.233. The van der Waals surface area contributed by atoms with E-state index in [1.807, 2.05) is 24.3 Å². The highest BCUT2D eigenvalue weighted by atomic mass is 19.1. The Kier molecular flexibility index (Phi) is 2.56. The van der Waals surface area contributed by atoms with Crippen molar-refractivity contribution in [2.45, 2.75) is 0 Å². The van der Waals surface area contributed by atoms with Crippen LogP contribution in [0.15, 0.2) is 60.0 Å². The first kappa shape index (κ1) is 11.5. The number of benzene rings is 1. The fourth-order valence-corrected chi connectivity index (χ4v) is 2.12. The first-order valence-electron chi connectivity index (χ1n) is 5.88. The van der Waals surface area contributed by atoms with Crippen molar-refractivity contribution in [2.24, 2.45) is 5.73 Å². The Morgan fingerprint density at radius 3 is 2.79 bits per heavy atom. The molecule has 1 heterocycles. The van der Waals surface area contributed by atoms with Crippen molar-refractivity contribution in [3.8, 4) is 0 Å². The molecule has 0 saturated carbocycles. The van der Waals surface area contributed by atoms with Gasteiger partial charge in [0.25, 0.3) is 0 Å². The van der Waals surface area contributed by atoms with Gasteiger partial charge in [-0.05, 0) is 35.4 Å². The van der Waals surface area contributed by atoms with Crippen molar-refractivity contribution in [2.75, 3.05) is 0 Å². The zero-order chi connectivity index (χ0) is 13.4. The largest absolute Gasteiger partial charge is 0.384 e. The van der Waals surface area contributed by atoms with Crippen LogP contribution in [0.2, 0.25) is 0 Å². The second-order valence-corrected chi connectivity index (χ2v) is 4.32. The minimum absolute atomic E-state index is 0.0480. The highest BCUT2D eigenvalue weighted by Gasteiger charge is 2.29. The SMILES string of the molecule is N=C(N)C(/C=C1\c2cccc(F)c21)=C1\C=CC=CN1. The van der Waals surface area contributed by atoms with E-state index in [1.165, 1.54) is 6.07 Å². The van der Waals surface area contributed by atoms with Crippen molar-refractivity contribution >= 4 is 11.4 Å². The van der Waals surface area contributed by atoms with Crippen molar-refractivity contribution < 1.29 is 4.39 Å². The van der Waals surface area contributed by atoms with Crippen LogP contribution in [0.25, 0.3) is 5.57 Å². The highest BCUT2D eigenvalue weighted by Crippen LogP contribution is 2.44. The number of dihydropyridines is 1. The molecule has 0 saturated heterocycles. The van der Waals surface area contributed by atoms with E-state index in [9.17, 15) is 4.39 Å². The van der Waals surface area contributed by atoms with Crippen LogP contribution >= 0.6 is 0 Å². The third kappa shape index (κ3) is 1.97. The van der Waals surface area contributed by atoms with Gasteiger partial charge in [-0.1, -0.05) is 18.2 Å². The molecule has 0 atom stereocenters. The number of nitrogens with two attached hydrogens (primary N) is 1. The molecule has 4 heteroatoms. The maximum atomic E-state index is 13.5. The zero-order valence-corrected chi connectivity index (χ0v) is 10.1. The van der Waals surface area contributed by atoms with Gasteiger partial charge in [0.15, 0.2) is 0 Å². The van der Waals surface area contributed by atoms with Crippen LogP contribution in [-0.4, -0.2) is 5.84 Å². The summed E-state index contributed by atoms with van der Waals surface area (Å²) in [6, 6.07) is 4.97. The molecule has 1 aromatic rings. The average Bonchev–Trinajstić information content (AvgIpc) is 3.11. The van der Waals surface area contributed by atoms with Gasteiger partial charge in [-0.15, -0.1) is 0 Å². The number of halogens is 1. The molecule has 0 radical (unpaired) electrons. The molecule has 3 nitrogen and oxygen atoms in total. The zero-order valence-electron chi connectivity index (χ0n) is 10.1. The predicted octanol–water partition coefficient (Wildman–Crippen LogP) is 2.43. The summed E-state index contributed by atoms with van der Waals surface area (Å²) in [5.41, 5.74) is 9.22. The highest BCUT2D eigenvalue weighted by molar-refractivity contribution is 6.07. The molecule has 0 spiro atoms. The van der Waals surface area contributed by atoms with Crippen LogP contribution in [0, 0.1) is 11.2 Å². The molecule has 0 fully saturated rings. The maximum absolute atomic E-state index is 13.5. The van der Waals surface area contributed by atoms with Crippen LogP contribution in [0.5, 0.6) is 0 Å². The Bertz CT molecular complexity index is 693. The first-order valence-corrected chi connectivity index (χ1v) is 5.88. The third-order valence-electron chi connectivity index (χ3n) is 3.09.